The fourth-order valence-corrected chi connectivity index (χ4v) is 4.14. The number of carbonyl (C=O) groups is 2. The highest BCUT2D eigenvalue weighted by Crippen LogP contribution is 2.30. The first kappa shape index (κ1) is 25.8. The molecule has 0 aliphatic heterocycles. The summed E-state index contributed by atoms with van der Waals surface area (Å²) in [6.07, 6.45) is 3.29. The summed E-state index contributed by atoms with van der Waals surface area (Å²) in [5.41, 5.74) is 2.29. The van der Waals surface area contributed by atoms with Crippen LogP contribution in [0.5, 0.6) is 5.75 Å². The second-order valence-corrected chi connectivity index (χ2v) is 10.5. The van der Waals surface area contributed by atoms with Crippen LogP contribution in [0, 0.1) is 25.7 Å². The number of carboxylic acids is 1. The van der Waals surface area contributed by atoms with Crippen molar-refractivity contribution in [3.05, 3.63) is 58.7 Å². The molecule has 0 aromatic heterocycles. The van der Waals surface area contributed by atoms with Crippen molar-refractivity contribution in [1.29, 1.82) is 0 Å². The number of ketones is 1. The lowest BCUT2D eigenvalue weighted by molar-refractivity contribution is -0.152. The van der Waals surface area contributed by atoms with E-state index in [0.29, 0.717) is 16.2 Å². The second-order valence-electron chi connectivity index (χ2n) is 9.12. The smallest absolute Gasteiger partial charge is 0.347 e. The molecule has 0 radical (unpaired) electrons. The standard InChI is InChI=1S/C26H34O5S/c1-16(19(4)23(27)21-10-12-22(13-11-21)32(7)30)8-9-20-14-17(2)24(18(3)15-20)31-26(5,6)25(28)29/h10-16,19H,8-9H2,1-7H3,(H,28,29)/t16-,19+,32?/m1/s1. The van der Waals surface area contributed by atoms with Crippen LogP contribution >= 0.6 is 0 Å². The third-order valence-corrected chi connectivity index (χ3v) is 6.95. The largest absolute Gasteiger partial charge is 0.478 e. The van der Waals surface area contributed by atoms with Crippen molar-refractivity contribution in [3.8, 4) is 5.75 Å². The predicted molar refractivity (Wildman–Crippen MR) is 128 cm³/mol. The van der Waals surface area contributed by atoms with Crippen LogP contribution in [0.25, 0.3) is 0 Å². The van der Waals surface area contributed by atoms with E-state index in [0.717, 1.165) is 29.5 Å². The van der Waals surface area contributed by atoms with E-state index in [2.05, 4.69) is 6.92 Å². The van der Waals surface area contributed by atoms with Gasteiger partial charge in [-0.25, -0.2) is 4.79 Å². The SMILES string of the molecule is Cc1cc(CC[C@@H](C)[C@H](C)C(=O)c2ccc(S(C)=O)cc2)cc(C)c1OC(C)(C)C(=O)O. The van der Waals surface area contributed by atoms with Gasteiger partial charge in [-0.3, -0.25) is 9.00 Å². The monoisotopic (exact) mass is 458 g/mol. The molecular formula is C26H34O5S. The summed E-state index contributed by atoms with van der Waals surface area (Å²) in [4.78, 5) is 25.0. The highest BCUT2D eigenvalue weighted by molar-refractivity contribution is 7.84. The molecule has 1 N–H and O–H groups in total. The summed E-state index contributed by atoms with van der Waals surface area (Å²) < 4.78 is 17.3. The molecule has 0 saturated heterocycles. The Kier molecular flexibility index (Phi) is 8.41. The maximum Gasteiger partial charge on any atom is 0.347 e. The minimum Gasteiger partial charge on any atom is -0.478 e. The van der Waals surface area contributed by atoms with Crippen molar-refractivity contribution in [2.24, 2.45) is 11.8 Å². The molecule has 32 heavy (non-hydrogen) atoms. The quantitative estimate of drug-likeness (QED) is 0.484. The van der Waals surface area contributed by atoms with E-state index >= 15 is 0 Å². The molecule has 174 valence electrons. The Balaban J connectivity index is 2.05. The van der Waals surface area contributed by atoms with E-state index in [1.54, 1.807) is 30.5 Å². The Labute approximate surface area is 193 Å². The highest BCUT2D eigenvalue weighted by atomic mass is 32.2. The van der Waals surface area contributed by atoms with Gasteiger partial charge in [0.15, 0.2) is 11.4 Å². The Morgan fingerprint density at radius 3 is 2.06 bits per heavy atom. The molecule has 2 rings (SSSR count). The molecule has 3 atom stereocenters. The third kappa shape index (κ3) is 6.28. The molecule has 0 saturated carbocycles. The molecule has 0 aliphatic carbocycles. The van der Waals surface area contributed by atoms with Gasteiger partial charge in [0.25, 0.3) is 0 Å². The molecule has 0 spiro atoms. The molecule has 0 aliphatic rings. The molecule has 2 aromatic carbocycles. The van der Waals surface area contributed by atoms with Gasteiger partial charge in [0.1, 0.15) is 5.75 Å². The van der Waals surface area contributed by atoms with Crippen LogP contribution in [0.15, 0.2) is 41.3 Å². The average Bonchev–Trinajstić information content (AvgIpc) is 2.73. The number of benzene rings is 2. The number of hydrogen-bond acceptors (Lipinski definition) is 4. The Morgan fingerprint density at radius 1 is 1.06 bits per heavy atom. The van der Waals surface area contributed by atoms with Gasteiger partial charge >= 0.3 is 5.97 Å². The van der Waals surface area contributed by atoms with Crippen LogP contribution in [0.1, 0.15) is 61.2 Å². The fourth-order valence-electron chi connectivity index (χ4n) is 3.62. The van der Waals surface area contributed by atoms with Crippen molar-refractivity contribution in [2.75, 3.05) is 6.26 Å². The maximum atomic E-state index is 12.9. The van der Waals surface area contributed by atoms with Gasteiger partial charge in [-0.05, 0) is 75.3 Å². The predicted octanol–water partition coefficient (Wildman–Crippen LogP) is 5.37. The third-order valence-electron chi connectivity index (χ3n) is 6.02. The highest BCUT2D eigenvalue weighted by Gasteiger charge is 2.30. The Morgan fingerprint density at radius 2 is 1.59 bits per heavy atom. The zero-order chi connectivity index (χ0) is 24.2. The van der Waals surface area contributed by atoms with E-state index in [1.807, 2.05) is 32.9 Å². The normalized spacial score (nSPS) is 14.5. The summed E-state index contributed by atoms with van der Waals surface area (Å²) in [7, 11) is -1.06. The van der Waals surface area contributed by atoms with Crippen LogP contribution in [-0.2, 0) is 22.0 Å². The lowest BCUT2D eigenvalue weighted by Gasteiger charge is -2.25. The lowest BCUT2D eigenvalue weighted by Crippen LogP contribution is -2.38. The number of Topliss-reactive ketones (excluding diaryl/α,β-unsaturated/α-hetero) is 1. The molecule has 6 heteroatoms. The van der Waals surface area contributed by atoms with E-state index < -0.39 is 22.4 Å². The van der Waals surface area contributed by atoms with Gasteiger partial charge in [-0.2, -0.15) is 0 Å². The molecule has 2 aromatic rings. The maximum absolute atomic E-state index is 12.9. The number of aliphatic carboxylic acids is 1. The van der Waals surface area contributed by atoms with Crippen molar-refractivity contribution in [3.63, 3.8) is 0 Å². The zero-order valence-electron chi connectivity index (χ0n) is 20.0. The first-order chi connectivity index (χ1) is 14.8. The van der Waals surface area contributed by atoms with E-state index in [1.165, 1.54) is 13.8 Å². The Hall–Kier alpha value is -2.47. The molecule has 5 nitrogen and oxygen atoms in total. The minimum atomic E-state index is -1.30. The van der Waals surface area contributed by atoms with Gasteiger partial charge in [0.05, 0.1) is 0 Å². The van der Waals surface area contributed by atoms with Gasteiger partial charge in [0.2, 0.25) is 0 Å². The van der Waals surface area contributed by atoms with Crippen molar-refractivity contribution in [2.45, 2.75) is 64.9 Å². The Bertz CT molecular complexity index is 984. The van der Waals surface area contributed by atoms with Crippen LogP contribution in [-0.4, -0.2) is 32.9 Å². The molecule has 0 fully saturated rings. The van der Waals surface area contributed by atoms with Gasteiger partial charge in [-0.1, -0.05) is 38.1 Å². The van der Waals surface area contributed by atoms with Crippen LogP contribution in [0.4, 0.5) is 0 Å². The number of rotatable bonds is 10. The topological polar surface area (TPSA) is 80.7 Å². The zero-order valence-corrected chi connectivity index (χ0v) is 20.8. The number of carboxylic acid groups (broad SMARTS) is 1. The number of ether oxygens (including phenoxy) is 1. The first-order valence-corrected chi connectivity index (χ1v) is 12.4. The van der Waals surface area contributed by atoms with E-state index in [4.69, 9.17) is 4.74 Å². The van der Waals surface area contributed by atoms with Gasteiger partial charge in [-0.15, -0.1) is 0 Å². The lowest BCUT2D eigenvalue weighted by atomic mass is 9.84. The van der Waals surface area contributed by atoms with E-state index in [9.17, 15) is 18.9 Å². The minimum absolute atomic E-state index is 0.0953. The van der Waals surface area contributed by atoms with Crippen molar-refractivity contribution < 1.29 is 23.6 Å². The van der Waals surface area contributed by atoms with Gasteiger partial charge in [0, 0.05) is 33.4 Å². The second kappa shape index (κ2) is 10.4. The number of aryl methyl sites for hydroxylation is 3. The molecule has 0 heterocycles. The van der Waals surface area contributed by atoms with Crippen LogP contribution < -0.4 is 4.74 Å². The van der Waals surface area contributed by atoms with Crippen molar-refractivity contribution >= 4 is 22.6 Å². The van der Waals surface area contributed by atoms with Crippen LogP contribution in [0.3, 0.4) is 0 Å². The van der Waals surface area contributed by atoms with Crippen LogP contribution in [0.2, 0.25) is 0 Å². The summed E-state index contributed by atoms with van der Waals surface area (Å²) in [6, 6.07) is 11.1. The number of carbonyl (C=O) groups excluding carboxylic acids is 1. The molecule has 0 amide bonds. The molecule has 1 unspecified atom stereocenters. The molecule has 0 bridgehead atoms. The van der Waals surface area contributed by atoms with Crippen molar-refractivity contribution in [1.82, 2.24) is 0 Å². The summed E-state index contributed by atoms with van der Waals surface area (Å²) in [6.45, 7) is 11.0. The number of hydrogen-bond donors (Lipinski definition) is 1. The van der Waals surface area contributed by atoms with E-state index in [-0.39, 0.29) is 17.6 Å². The summed E-state index contributed by atoms with van der Waals surface area (Å²) >= 11 is 0. The molecular weight excluding hydrogens is 424 g/mol. The first-order valence-electron chi connectivity index (χ1n) is 10.8. The summed E-state index contributed by atoms with van der Waals surface area (Å²) in [5.74, 6) is -0.253. The average molecular weight is 459 g/mol. The van der Waals surface area contributed by atoms with Gasteiger partial charge < -0.3 is 9.84 Å². The summed E-state index contributed by atoms with van der Waals surface area (Å²) in [5, 5.41) is 9.34. The fraction of sp³-hybridized carbons (Fsp3) is 0.462.